The molecule has 1 aromatic carbocycles. The predicted octanol–water partition coefficient (Wildman–Crippen LogP) is 2.68. The molecule has 1 aromatic heterocycles. The fraction of sp³-hybridized carbons (Fsp3) is 0.214. The van der Waals surface area contributed by atoms with Gasteiger partial charge in [0.05, 0.1) is 23.7 Å². The molecule has 19 heavy (non-hydrogen) atoms. The molecule has 1 heterocycles. The summed E-state index contributed by atoms with van der Waals surface area (Å²) in [7, 11) is 0.126. The van der Waals surface area contributed by atoms with E-state index in [0.717, 1.165) is 4.90 Å². The van der Waals surface area contributed by atoms with Crippen molar-refractivity contribution >= 4 is 16.8 Å². The SMILES string of the molecule is COC(=O)c1cc(CS(=O)c2ccccc2)oc1C. The number of methoxy groups -OCH3 is 1. The van der Waals surface area contributed by atoms with E-state index in [9.17, 15) is 9.00 Å². The second-order valence-electron chi connectivity index (χ2n) is 3.98. The lowest BCUT2D eigenvalue weighted by atomic mass is 10.2. The third-order valence-corrected chi connectivity index (χ3v) is 4.00. The summed E-state index contributed by atoms with van der Waals surface area (Å²) in [5.74, 6) is 0.784. The van der Waals surface area contributed by atoms with Crippen LogP contribution in [0.5, 0.6) is 0 Å². The van der Waals surface area contributed by atoms with Crippen molar-refractivity contribution in [2.75, 3.05) is 7.11 Å². The van der Waals surface area contributed by atoms with Gasteiger partial charge in [0.25, 0.3) is 0 Å². The highest BCUT2D eigenvalue weighted by molar-refractivity contribution is 7.84. The summed E-state index contributed by atoms with van der Waals surface area (Å²) in [5.41, 5.74) is 0.377. The van der Waals surface area contributed by atoms with Gasteiger partial charge >= 0.3 is 5.97 Å². The van der Waals surface area contributed by atoms with Gasteiger partial charge in [0.2, 0.25) is 0 Å². The third kappa shape index (κ3) is 3.12. The van der Waals surface area contributed by atoms with Crippen LogP contribution in [0.25, 0.3) is 0 Å². The number of esters is 1. The van der Waals surface area contributed by atoms with Crippen LogP contribution < -0.4 is 0 Å². The van der Waals surface area contributed by atoms with Crippen LogP contribution in [0.1, 0.15) is 21.9 Å². The maximum atomic E-state index is 12.1. The number of hydrogen-bond acceptors (Lipinski definition) is 4. The van der Waals surface area contributed by atoms with Crippen molar-refractivity contribution in [2.24, 2.45) is 0 Å². The minimum Gasteiger partial charge on any atom is -0.465 e. The highest BCUT2D eigenvalue weighted by Crippen LogP contribution is 2.19. The van der Waals surface area contributed by atoms with Gasteiger partial charge < -0.3 is 9.15 Å². The maximum absolute atomic E-state index is 12.1. The highest BCUT2D eigenvalue weighted by atomic mass is 32.2. The Bertz CT molecular complexity index is 601. The lowest BCUT2D eigenvalue weighted by molar-refractivity contribution is 0.0599. The molecular formula is C14H14O4S. The summed E-state index contributed by atoms with van der Waals surface area (Å²) in [6, 6.07) is 10.7. The topological polar surface area (TPSA) is 56.5 Å². The fourth-order valence-electron chi connectivity index (χ4n) is 1.71. The summed E-state index contributed by atoms with van der Waals surface area (Å²) in [6.45, 7) is 1.68. The summed E-state index contributed by atoms with van der Waals surface area (Å²) < 4.78 is 22.2. The standard InChI is InChI=1S/C14H14O4S/c1-10-13(14(15)17-2)8-11(18-10)9-19(16)12-6-4-3-5-7-12/h3-8H,9H2,1-2H3. The number of benzene rings is 1. The van der Waals surface area contributed by atoms with Crippen LogP contribution in [0, 0.1) is 6.92 Å². The van der Waals surface area contributed by atoms with Gasteiger partial charge in [-0.1, -0.05) is 18.2 Å². The molecule has 1 atom stereocenters. The quantitative estimate of drug-likeness (QED) is 0.807. The van der Waals surface area contributed by atoms with Crippen molar-refractivity contribution in [3.8, 4) is 0 Å². The van der Waals surface area contributed by atoms with Crippen molar-refractivity contribution in [2.45, 2.75) is 17.6 Å². The summed E-state index contributed by atoms with van der Waals surface area (Å²) >= 11 is 0. The largest absolute Gasteiger partial charge is 0.465 e. The first kappa shape index (κ1) is 13.5. The molecule has 2 rings (SSSR count). The van der Waals surface area contributed by atoms with Gasteiger partial charge in [-0.2, -0.15) is 0 Å². The van der Waals surface area contributed by atoms with Gasteiger partial charge in [-0.15, -0.1) is 0 Å². The Morgan fingerprint density at radius 2 is 2.00 bits per heavy atom. The van der Waals surface area contributed by atoms with Crippen molar-refractivity contribution in [3.05, 3.63) is 53.5 Å². The lowest BCUT2D eigenvalue weighted by Gasteiger charge is -1.98. The predicted molar refractivity (Wildman–Crippen MR) is 71.3 cm³/mol. The smallest absolute Gasteiger partial charge is 0.341 e. The van der Waals surface area contributed by atoms with Crippen LogP contribution in [-0.4, -0.2) is 17.3 Å². The third-order valence-electron chi connectivity index (χ3n) is 2.65. The van der Waals surface area contributed by atoms with E-state index in [1.54, 1.807) is 25.1 Å². The van der Waals surface area contributed by atoms with E-state index in [0.29, 0.717) is 17.1 Å². The van der Waals surface area contributed by atoms with E-state index >= 15 is 0 Å². The molecule has 0 spiro atoms. The van der Waals surface area contributed by atoms with Crippen LogP contribution in [0.2, 0.25) is 0 Å². The van der Waals surface area contributed by atoms with Gasteiger partial charge in [-0.3, -0.25) is 4.21 Å². The minimum atomic E-state index is -1.19. The molecule has 100 valence electrons. The number of aryl methyl sites for hydroxylation is 1. The normalized spacial score (nSPS) is 12.1. The maximum Gasteiger partial charge on any atom is 0.341 e. The van der Waals surface area contributed by atoms with Gasteiger partial charge in [-0.25, -0.2) is 4.79 Å². The van der Waals surface area contributed by atoms with Crippen molar-refractivity contribution in [1.82, 2.24) is 0 Å². The molecule has 4 nitrogen and oxygen atoms in total. The van der Waals surface area contributed by atoms with Crippen molar-refractivity contribution < 1.29 is 18.2 Å². The van der Waals surface area contributed by atoms with Crippen LogP contribution in [0.3, 0.4) is 0 Å². The number of furan rings is 1. The second kappa shape index (κ2) is 5.84. The monoisotopic (exact) mass is 278 g/mol. The molecule has 0 saturated heterocycles. The number of carbonyl (C=O) groups excluding carboxylic acids is 1. The van der Waals surface area contributed by atoms with Gasteiger partial charge in [-0.05, 0) is 25.1 Å². The molecule has 2 aromatic rings. The van der Waals surface area contributed by atoms with Crippen molar-refractivity contribution in [3.63, 3.8) is 0 Å². The molecule has 1 unspecified atom stereocenters. The molecule has 0 aliphatic heterocycles. The minimum absolute atomic E-state index is 0.238. The molecule has 5 heteroatoms. The molecule has 0 amide bonds. The Morgan fingerprint density at radius 1 is 1.32 bits per heavy atom. The summed E-state index contributed by atoms with van der Waals surface area (Å²) in [5, 5.41) is 0. The first-order valence-corrected chi connectivity index (χ1v) is 7.04. The van der Waals surface area contributed by atoms with Crippen LogP contribution in [-0.2, 0) is 21.3 Å². The first-order chi connectivity index (χ1) is 9.11. The molecule has 0 radical (unpaired) electrons. The van der Waals surface area contributed by atoms with E-state index in [-0.39, 0.29) is 5.75 Å². The second-order valence-corrected chi connectivity index (χ2v) is 5.43. The average molecular weight is 278 g/mol. The molecule has 0 bridgehead atoms. The summed E-state index contributed by atoms with van der Waals surface area (Å²) in [4.78, 5) is 12.2. The van der Waals surface area contributed by atoms with Crippen LogP contribution in [0.15, 0.2) is 45.7 Å². The molecule has 0 aliphatic rings. The molecule has 0 N–H and O–H groups in total. The Labute approximate surface area is 113 Å². The lowest BCUT2D eigenvalue weighted by Crippen LogP contribution is -2.00. The van der Waals surface area contributed by atoms with Gasteiger partial charge in [0.15, 0.2) is 0 Å². The first-order valence-electron chi connectivity index (χ1n) is 5.73. The zero-order valence-corrected chi connectivity index (χ0v) is 11.5. The molecule has 0 saturated carbocycles. The van der Waals surface area contributed by atoms with Gasteiger partial charge in [0.1, 0.15) is 17.1 Å². The highest BCUT2D eigenvalue weighted by Gasteiger charge is 2.17. The number of rotatable bonds is 4. The van der Waals surface area contributed by atoms with E-state index in [1.807, 2.05) is 18.2 Å². The van der Waals surface area contributed by atoms with E-state index < -0.39 is 16.8 Å². The molecule has 0 aliphatic carbocycles. The Balaban J connectivity index is 2.16. The number of hydrogen-bond donors (Lipinski definition) is 0. The van der Waals surface area contributed by atoms with E-state index in [4.69, 9.17) is 4.42 Å². The number of carbonyl (C=O) groups is 1. The Kier molecular flexibility index (Phi) is 4.16. The van der Waals surface area contributed by atoms with Crippen LogP contribution in [0.4, 0.5) is 0 Å². The fourth-order valence-corrected chi connectivity index (χ4v) is 2.74. The van der Waals surface area contributed by atoms with Gasteiger partial charge in [0, 0.05) is 4.90 Å². The van der Waals surface area contributed by atoms with E-state index in [1.165, 1.54) is 7.11 Å². The van der Waals surface area contributed by atoms with E-state index in [2.05, 4.69) is 4.74 Å². The Hall–Kier alpha value is -1.88. The molecular weight excluding hydrogens is 264 g/mol. The zero-order valence-electron chi connectivity index (χ0n) is 10.7. The summed E-state index contributed by atoms with van der Waals surface area (Å²) in [6.07, 6.45) is 0. The van der Waals surface area contributed by atoms with Crippen molar-refractivity contribution in [1.29, 1.82) is 0 Å². The zero-order chi connectivity index (χ0) is 13.8. The Morgan fingerprint density at radius 3 is 2.63 bits per heavy atom. The number of ether oxygens (including phenoxy) is 1. The van der Waals surface area contributed by atoms with Crippen LogP contribution >= 0.6 is 0 Å². The molecule has 0 fully saturated rings. The average Bonchev–Trinajstić information content (AvgIpc) is 2.79.